The van der Waals surface area contributed by atoms with Gasteiger partial charge >= 0.3 is 0 Å². The zero-order valence-electron chi connectivity index (χ0n) is 10.2. The van der Waals surface area contributed by atoms with Crippen molar-refractivity contribution in [3.05, 3.63) is 11.8 Å². The van der Waals surface area contributed by atoms with Crippen molar-refractivity contribution in [2.45, 2.75) is 56.2 Å². The van der Waals surface area contributed by atoms with E-state index in [1.54, 1.807) is 0 Å². The van der Waals surface area contributed by atoms with Gasteiger partial charge in [0.2, 0.25) is 0 Å². The summed E-state index contributed by atoms with van der Waals surface area (Å²) in [5, 5.41) is 15.2. The van der Waals surface area contributed by atoms with Crippen molar-refractivity contribution in [2.75, 3.05) is 0 Å². The molecule has 6 nitrogen and oxygen atoms in total. The fourth-order valence-electron chi connectivity index (χ4n) is 2.32. The monoisotopic (exact) mass is 273 g/mol. The number of sulfonamides is 1. The van der Waals surface area contributed by atoms with Crippen molar-refractivity contribution in [3.8, 4) is 0 Å². The highest BCUT2D eigenvalue weighted by atomic mass is 32.2. The number of nitrogens with zero attached hydrogens (tertiary/aromatic N) is 1. The molecule has 1 aromatic rings. The molecule has 1 heterocycles. The van der Waals surface area contributed by atoms with Crippen molar-refractivity contribution < 1.29 is 13.5 Å². The van der Waals surface area contributed by atoms with E-state index in [9.17, 15) is 8.42 Å². The number of aromatic amines is 1. The molecule has 3 N–H and O–H groups in total. The van der Waals surface area contributed by atoms with Crippen LogP contribution in [0, 0.1) is 0 Å². The lowest BCUT2D eigenvalue weighted by atomic mass is 10.1. The van der Waals surface area contributed by atoms with Gasteiger partial charge in [-0.1, -0.05) is 25.7 Å². The summed E-state index contributed by atoms with van der Waals surface area (Å²) in [5.74, 6) is 0. The molecule has 1 saturated carbocycles. The number of hydrogen-bond acceptors (Lipinski definition) is 4. The van der Waals surface area contributed by atoms with Crippen LogP contribution in [0.15, 0.2) is 11.2 Å². The quantitative estimate of drug-likeness (QED) is 0.710. The Morgan fingerprint density at radius 3 is 2.61 bits per heavy atom. The Kier molecular flexibility index (Phi) is 4.36. The number of rotatable bonds is 4. The average Bonchev–Trinajstić information content (AvgIpc) is 2.69. The molecule has 0 saturated heterocycles. The second kappa shape index (κ2) is 5.81. The first-order valence-electron chi connectivity index (χ1n) is 6.29. The van der Waals surface area contributed by atoms with E-state index in [0.29, 0.717) is 5.56 Å². The van der Waals surface area contributed by atoms with Crippen molar-refractivity contribution in [1.29, 1.82) is 0 Å². The number of hydrogen-bond donors (Lipinski definition) is 3. The second-order valence-corrected chi connectivity index (χ2v) is 6.34. The summed E-state index contributed by atoms with van der Waals surface area (Å²) in [6, 6.07) is -0.00709. The van der Waals surface area contributed by atoms with Crippen LogP contribution in [0.3, 0.4) is 0 Å². The number of nitrogens with one attached hydrogen (secondary N) is 2. The second-order valence-electron chi connectivity index (χ2n) is 4.69. The molecule has 102 valence electrons. The fraction of sp³-hybridized carbons (Fsp3) is 0.727. The van der Waals surface area contributed by atoms with E-state index >= 15 is 0 Å². The molecule has 0 amide bonds. The molecule has 1 aliphatic carbocycles. The van der Waals surface area contributed by atoms with Gasteiger partial charge in [0.15, 0.2) is 5.03 Å². The van der Waals surface area contributed by atoms with Crippen molar-refractivity contribution in [2.24, 2.45) is 0 Å². The molecule has 0 spiro atoms. The SMILES string of the molecule is O=S(=O)(NC1CCCCCC1)c1[nH]ncc1CO. The van der Waals surface area contributed by atoms with E-state index in [0.717, 1.165) is 25.7 Å². The Labute approximate surface area is 107 Å². The number of aliphatic hydroxyl groups is 1. The van der Waals surface area contributed by atoms with E-state index in [1.165, 1.54) is 19.0 Å². The largest absolute Gasteiger partial charge is 0.392 e. The predicted molar refractivity (Wildman–Crippen MR) is 66.3 cm³/mol. The van der Waals surface area contributed by atoms with Gasteiger partial charge in [-0.2, -0.15) is 5.10 Å². The van der Waals surface area contributed by atoms with Crippen molar-refractivity contribution in [3.63, 3.8) is 0 Å². The molecule has 2 rings (SSSR count). The fourth-order valence-corrected chi connectivity index (χ4v) is 3.75. The molecule has 18 heavy (non-hydrogen) atoms. The van der Waals surface area contributed by atoms with Crippen molar-refractivity contribution >= 4 is 10.0 Å². The topological polar surface area (TPSA) is 95.1 Å². The average molecular weight is 273 g/mol. The van der Waals surface area contributed by atoms with Gasteiger partial charge in [-0.25, -0.2) is 13.1 Å². The summed E-state index contributed by atoms with van der Waals surface area (Å²) < 4.78 is 27.0. The highest BCUT2D eigenvalue weighted by Crippen LogP contribution is 2.20. The standard InChI is InChI=1S/C11H19N3O3S/c15-8-9-7-12-13-11(9)18(16,17)14-10-5-3-1-2-4-6-10/h7,10,14-15H,1-6,8H2,(H,12,13). The maximum absolute atomic E-state index is 12.2. The van der Waals surface area contributed by atoms with Gasteiger partial charge in [-0.15, -0.1) is 0 Å². The Bertz CT molecular complexity index is 475. The summed E-state index contributed by atoms with van der Waals surface area (Å²) in [7, 11) is -3.60. The van der Waals surface area contributed by atoms with Crippen LogP contribution in [-0.2, 0) is 16.6 Å². The van der Waals surface area contributed by atoms with Crippen molar-refractivity contribution in [1.82, 2.24) is 14.9 Å². The van der Waals surface area contributed by atoms with E-state index in [4.69, 9.17) is 5.11 Å². The van der Waals surface area contributed by atoms with Crippen LogP contribution < -0.4 is 4.72 Å². The van der Waals surface area contributed by atoms with Gasteiger partial charge in [0, 0.05) is 11.6 Å². The van der Waals surface area contributed by atoms with E-state index < -0.39 is 10.0 Å². The Morgan fingerprint density at radius 1 is 1.33 bits per heavy atom. The maximum atomic E-state index is 12.2. The maximum Gasteiger partial charge on any atom is 0.258 e. The minimum atomic E-state index is -3.60. The highest BCUT2D eigenvalue weighted by molar-refractivity contribution is 7.89. The minimum Gasteiger partial charge on any atom is -0.392 e. The molecule has 1 aromatic heterocycles. The molecule has 1 fully saturated rings. The van der Waals surface area contributed by atoms with E-state index in [1.807, 2.05) is 0 Å². The molecule has 0 atom stereocenters. The molecule has 0 bridgehead atoms. The third kappa shape index (κ3) is 3.09. The molecule has 0 unspecified atom stereocenters. The lowest BCUT2D eigenvalue weighted by Crippen LogP contribution is -2.35. The molecule has 0 aromatic carbocycles. The number of aromatic nitrogens is 2. The van der Waals surface area contributed by atoms with Crippen LogP contribution in [0.4, 0.5) is 0 Å². The van der Waals surface area contributed by atoms with Gasteiger partial charge in [0.1, 0.15) is 0 Å². The Morgan fingerprint density at radius 2 is 2.00 bits per heavy atom. The number of aliphatic hydroxyl groups excluding tert-OH is 1. The summed E-state index contributed by atoms with van der Waals surface area (Å²) in [4.78, 5) is 0. The smallest absolute Gasteiger partial charge is 0.258 e. The molecule has 0 radical (unpaired) electrons. The van der Waals surface area contributed by atoms with Gasteiger partial charge in [-0.05, 0) is 12.8 Å². The highest BCUT2D eigenvalue weighted by Gasteiger charge is 2.24. The van der Waals surface area contributed by atoms with Crippen LogP contribution in [0.2, 0.25) is 0 Å². The first kappa shape index (κ1) is 13.5. The third-order valence-electron chi connectivity index (χ3n) is 3.29. The molecular weight excluding hydrogens is 254 g/mol. The van der Waals surface area contributed by atoms with Gasteiger partial charge < -0.3 is 5.11 Å². The number of H-pyrrole nitrogens is 1. The van der Waals surface area contributed by atoms with E-state index in [-0.39, 0.29) is 17.7 Å². The van der Waals surface area contributed by atoms with Crippen LogP contribution in [0.25, 0.3) is 0 Å². The summed E-state index contributed by atoms with van der Waals surface area (Å²) in [6.07, 6.45) is 7.55. The zero-order chi connectivity index (χ0) is 13.0. The zero-order valence-corrected chi connectivity index (χ0v) is 11.0. The lowest BCUT2D eigenvalue weighted by Gasteiger charge is -2.15. The van der Waals surface area contributed by atoms with Crippen LogP contribution in [0.5, 0.6) is 0 Å². The molecular formula is C11H19N3O3S. The lowest BCUT2D eigenvalue weighted by molar-refractivity contribution is 0.278. The van der Waals surface area contributed by atoms with Crippen LogP contribution in [-0.4, -0.2) is 29.8 Å². The Hall–Kier alpha value is -0.920. The van der Waals surface area contributed by atoms with Gasteiger partial charge in [0.05, 0.1) is 12.8 Å². The van der Waals surface area contributed by atoms with Gasteiger partial charge in [0.25, 0.3) is 10.0 Å². The summed E-state index contributed by atoms with van der Waals surface area (Å²) in [6.45, 7) is -0.336. The first-order valence-corrected chi connectivity index (χ1v) is 7.77. The van der Waals surface area contributed by atoms with Gasteiger partial charge in [-0.3, -0.25) is 5.10 Å². The Balaban J connectivity index is 2.11. The first-order chi connectivity index (χ1) is 8.63. The normalized spacial score (nSPS) is 18.7. The summed E-state index contributed by atoms with van der Waals surface area (Å²) in [5.41, 5.74) is 0.302. The molecule has 1 aliphatic rings. The molecule has 0 aliphatic heterocycles. The van der Waals surface area contributed by atoms with E-state index in [2.05, 4.69) is 14.9 Å². The van der Waals surface area contributed by atoms with Crippen LogP contribution >= 0.6 is 0 Å². The van der Waals surface area contributed by atoms with Crippen LogP contribution in [0.1, 0.15) is 44.1 Å². The summed E-state index contributed by atoms with van der Waals surface area (Å²) >= 11 is 0. The minimum absolute atomic E-state index is 0.00709. The molecule has 7 heteroatoms. The predicted octanol–water partition coefficient (Wildman–Crippen LogP) is 0.903. The third-order valence-corrected chi connectivity index (χ3v) is 4.83.